The monoisotopic (exact) mass is 1330 g/mol. The number of urea groups is 1. The van der Waals surface area contributed by atoms with Crippen molar-refractivity contribution in [3.63, 3.8) is 0 Å². The second-order valence-corrected chi connectivity index (χ2v) is 23.6. The fourth-order valence-corrected chi connectivity index (χ4v) is 11.6. The highest BCUT2D eigenvalue weighted by Gasteiger charge is 2.38. The quantitative estimate of drug-likeness (QED) is 0.0157. The first-order chi connectivity index (χ1) is 45.8. The van der Waals surface area contributed by atoms with E-state index in [1.54, 1.807) is 60.7 Å². The van der Waals surface area contributed by atoms with Gasteiger partial charge in [-0.2, -0.15) is 9.59 Å². The molecule has 5 aromatic carbocycles. The van der Waals surface area contributed by atoms with Gasteiger partial charge in [0, 0.05) is 51.2 Å². The van der Waals surface area contributed by atoms with Crippen LogP contribution >= 0.6 is 11.8 Å². The number of ketones is 1. The largest absolute Gasteiger partial charge is 0.481 e. The summed E-state index contributed by atoms with van der Waals surface area (Å²) in [7, 11) is 0. The maximum absolute atomic E-state index is 14.4. The lowest BCUT2D eigenvalue weighted by Gasteiger charge is -2.35. The van der Waals surface area contributed by atoms with Crippen molar-refractivity contribution in [2.75, 3.05) is 38.5 Å². The highest BCUT2D eigenvalue weighted by molar-refractivity contribution is 8.01. The Bertz CT molecular complexity index is 3160. The molecule has 95 heavy (non-hydrogen) atoms. The van der Waals surface area contributed by atoms with Crippen LogP contribution in [-0.4, -0.2) is 143 Å². The summed E-state index contributed by atoms with van der Waals surface area (Å²) < 4.78 is -0.765. The van der Waals surface area contributed by atoms with E-state index >= 15 is 0 Å². The molecule has 0 aliphatic heterocycles. The van der Waals surface area contributed by atoms with Gasteiger partial charge >= 0.3 is 30.1 Å². The van der Waals surface area contributed by atoms with Gasteiger partial charge in [0.05, 0.1) is 29.6 Å². The van der Waals surface area contributed by atoms with E-state index in [2.05, 4.69) is 42.5 Å². The van der Waals surface area contributed by atoms with Crippen LogP contribution in [0, 0.1) is 5.92 Å². The highest BCUT2D eigenvalue weighted by atomic mass is 32.2. The fourth-order valence-electron chi connectivity index (χ4n) is 10.2. The summed E-state index contributed by atoms with van der Waals surface area (Å²) in [6.07, 6.45) is 5.53. The maximum Gasteiger partial charge on any atom is 0.373 e. The summed E-state index contributed by atoms with van der Waals surface area (Å²) >= 11 is 1.41. The van der Waals surface area contributed by atoms with Crippen molar-refractivity contribution in [3.8, 4) is 0 Å². The van der Waals surface area contributed by atoms with Gasteiger partial charge in [-0.05, 0) is 98.4 Å². The van der Waals surface area contributed by atoms with E-state index in [4.69, 9.17) is 19.8 Å². The molecule has 0 spiro atoms. The van der Waals surface area contributed by atoms with Crippen molar-refractivity contribution < 1.29 is 77.6 Å². The van der Waals surface area contributed by atoms with Gasteiger partial charge in [-0.25, -0.2) is 14.4 Å². The van der Waals surface area contributed by atoms with E-state index in [1.807, 2.05) is 91.0 Å². The topological polar surface area (TPSA) is 379 Å². The molecule has 4 atom stereocenters. The summed E-state index contributed by atoms with van der Waals surface area (Å²) in [6, 6.07) is 43.0. The van der Waals surface area contributed by atoms with Crippen LogP contribution in [0.15, 0.2) is 152 Å². The summed E-state index contributed by atoms with van der Waals surface area (Å²) in [6.45, 7) is 0.0755. The number of aliphatic carboxylic acids is 3. The number of unbranched alkanes of at least 4 members (excludes halogenated alkanes) is 6. The smallest absolute Gasteiger partial charge is 0.373 e. The lowest BCUT2D eigenvalue weighted by Crippen LogP contribution is -2.49. The number of Topliss-reactive ketones (excluding diaryl/α,β-unsaturated/α-hetero) is 1. The van der Waals surface area contributed by atoms with Gasteiger partial charge < -0.3 is 57.9 Å². The molecule has 0 saturated heterocycles. The third kappa shape index (κ3) is 30.5. The molecule has 0 saturated carbocycles. The maximum atomic E-state index is 14.4. The molecular weight excluding hydrogens is 1240 g/mol. The molecule has 8 amide bonds. The number of carbonyl (C=O) groups excluding carboxylic acids is 10. The number of carboxylic acid groups (broad SMARTS) is 3. The minimum atomic E-state index is -1.32. The second kappa shape index (κ2) is 44.5. The zero-order chi connectivity index (χ0) is 69.1. The predicted octanol–water partition coefficient (Wildman–Crippen LogP) is 6.01. The molecule has 5 aromatic rings. The molecule has 0 heterocycles. The molecule has 0 fully saturated rings. The Labute approximate surface area is 556 Å². The van der Waals surface area contributed by atoms with E-state index in [-0.39, 0.29) is 75.3 Å². The zero-order valence-electron chi connectivity index (χ0n) is 53.1. The molecule has 0 bridgehead atoms. The Balaban J connectivity index is 0.00000628. The number of benzene rings is 5. The van der Waals surface area contributed by atoms with Crippen LogP contribution in [0.4, 0.5) is 4.79 Å². The highest BCUT2D eigenvalue weighted by Crippen LogP contribution is 2.48. The Morgan fingerprint density at radius 3 is 1.32 bits per heavy atom. The molecule has 0 aliphatic carbocycles. The number of nitrogens with one attached hydrogen (secondary N) is 8. The molecule has 5 rings (SSSR count). The van der Waals surface area contributed by atoms with Gasteiger partial charge in [0.2, 0.25) is 35.4 Å². The second-order valence-electron chi connectivity index (χ2n) is 22.4. The molecule has 25 heteroatoms. The van der Waals surface area contributed by atoms with Gasteiger partial charge in [-0.3, -0.25) is 38.4 Å². The van der Waals surface area contributed by atoms with E-state index in [0.717, 1.165) is 35.1 Å². The van der Waals surface area contributed by atoms with E-state index in [1.165, 1.54) is 11.8 Å². The molecule has 0 aromatic heterocycles. The summed E-state index contributed by atoms with van der Waals surface area (Å²) in [5.74, 6) is -7.95. The van der Waals surface area contributed by atoms with Crippen molar-refractivity contribution in [1.29, 1.82) is 0 Å². The van der Waals surface area contributed by atoms with Crippen molar-refractivity contribution in [1.82, 2.24) is 42.5 Å². The fraction of sp³-hybridized carbons (Fsp3) is 0.400. The van der Waals surface area contributed by atoms with Crippen molar-refractivity contribution in [2.24, 2.45) is 5.92 Å². The first-order valence-electron chi connectivity index (χ1n) is 31.6. The number of carboxylic acids is 3. The van der Waals surface area contributed by atoms with E-state index in [9.17, 15) is 57.8 Å². The SMILES string of the molecule is O=C(O)CC[C@H](NC(=O)NCCCCCNC(=O)CCCCCCC(=O)NCCCCC(NC(=O)C(CC(=O)C(Cc1ccccc1)NC(=O)CNC(=O)CNC(=O)CSC(c1ccccc1)(c1ccccc1)c1ccccc1)Cc1ccccc1)C(=O)O)C(=O)O.O=C=O. The first kappa shape index (κ1) is 77.4. The summed E-state index contributed by atoms with van der Waals surface area (Å²) in [5, 5.41) is 49.2. The lowest BCUT2D eigenvalue weighted by atomic mass is 9.84. The molecule has 0 aliphatic rings. The lowest BCUT2D eigenvalue weighted by molar-refractivity contribution is -0.192. The summed E-state index contributed by atoms with van der Waals surface area (Å²) in [5.41, 5.74) is 4.34. The van der Waals surface area contributed by atoms with Crippen molar-refractivity contribution in [2.45, 2.75) is 132 Å². The average Bonchev–Trinajstić information content (AvgIpc) is 0.762. The molecule has 508 valence electrons. The van der Waals surface area contributed by atoms with Crippen LogP contribution in [0.2, 0.25) is 0 Å². The molecule has 24 nitrogen and oxygen atoms in total. The van der Waals surface area contributed by atoms with Crippen molar-refractivity contribution >= 4 is 83.1 Å². The third-order valence-corrected chi connectivity index (χ3v) is 16.7. The molecular formula is C70H86N8O16S. The van der Waals surface area contributed by atoms with Gasteiger partial charge in [-0.1, -0.05) is 165 Å². The Morgan fingerprint density at radius 2 is 0.832 bits per heavy atom. The predicted molar refractivity (Wildman–Crippen MR) is 354 cm³/mol. The van der Waals surface area contributed by atoms with E-state index < -0.39 is 102 Å². The molecule has 11 N–H and O–H groups in total. The summed E-state index contributed by atoms with van der Waals surface area (Å²) in [4.78, 5) is 156. The van der Waals surface area contributed by atoms with Crippen LogP contribution in [-0.2, 0) is 75.1 Å². The molecule has 3 unspecified atom stereocenters. The number of rotatable bonds is 44. The first-order valence-corrected chi connectivity index (χ1v) is 32.6. The van der Waals surface area contributed by atoms with Gasteiger partial charge in [-0.15, -0.1) is 11.8 Å². The number of amides is 8. The average molecular weight is 1330 g/mol. The van der Waals surface area contributed by atoms with Crippen LogP contribution < -0.4 is 42.5 Å². The minimum absolute atomic E-state index is 0.0135. The van der Waals surface area contributed by atoms with Crippen LogP contribution in [0.3, 0.4) is 0 Å². The normalized spacial score (nSPS) is 12.0. The minimum Gasteiger partial charge on any atom is -0.481 e. The zero-order valence-corrected chi connectivity index (χ0v) is 53.9. The Hall–Kier alpha value is -10.00. The number of carbonyl (C=O) groups is 11. The number of thioether (sulfide) groups is 1. The number of hydrogen-bond acceptors (Lipinski definition) is 14. The van der Waals surface area contributed by atoms with Crippen LogP contribution in [0.25, 0.3) is 0 Å². The Morgan fingerprint density at radius 1 is 0.411 bits per heavy atom. The standard InChI is InChI=1S/C69H86N8O14S.CO2/c78-58(57(44-50-27-11-4-12-28-50)75-62(82)47-73-61(81)46-74-63(83)48-92-69(52-29-13-5-14-30-52,53-31-15-6-16-32-53)54-33-17-7-18-34-54)45-51(43-49-25-9-3-10-26-49)65(86)76-55(66(87)88)35-21-24-41-71-60(80)37-20-2-1-19-36-59(79)70-40-22-8-23-42-72-68(91)77-56(67(89)90)38-39-64(84)85;2-1-3/h3-7,9-18,25-34,51,55-57H,1-2,8,19-24,35-48H2,(H,70,79)(H,71,80)(H,73,81)(H,74,83)(H,75,82)(H,76,86)(H,84,85)(H,87,88)(H,89,90)(H2,72,77,91);/t51?,55?,56-,57?;/m0./s1. The van der Waals surface area contributed by atoms with E-state index in [0.29, 0.717) is 63.5 Å². The Kier molecular flexibility index (Phi) is 36.3. The van der Waals surface area contributed by atoms with Crippen molar-refractivity contribution in [3.05, 3.63) is 179 Å². The van der Waals surface area contributed by atoms with Gasteiger partial charge in [0.25, 0.3) is 0 Å². The third-order valence-electron chi connectivity index (χ3n) is 15.1. The van der Waals surface area contributed by atoms with Crippen LogP contribution in [0.5, 0.6) is 0 Å². The van der Waals surface area contributed by atoms with Crippen LogP contribution in [0.1, 0.15) is 124 Å². The van der Waals surface area contributed by atoms with Gasteiger partial charge in [0.1, 0.15) is 12.1 Å². The molecule has 0 radical (unpaired) electrons. The number of hydrogen-bond donors (Lipinski definition) is 11. The van der Waals surface area contributed by atoms with Gasteiger partial charge in [0.15, 0.2) is 5.78 Å².